The molecule has 0 saturated carbocycles. The first-order valence-corrected chi connectivity index (χ1v) is 10.7. The molecule has 2 aromatic rings. The molecule has 1 atom stereocenters. The van der Waals surface area contributed by atoms with E-state index in [1.807, 2.05) is 12.1 Å². The molecule has 0 bridgehead atoms. The molecule has 2 aromatic carbocycles. The Bertz CT molecular complexity index is 1070. The first kappa shape index (κ1) is 22.0. The number of para-hydroxylation sites is 2. The maximum atomic E-state index is 13.0. The fourth-order valence-corrected chi connectivity index (χ4v) is 4.36. The summed E-state index contributed by atoms with van der Waals surface area (Å²) in [6.07, 6.45) is 1.35. The zero-order valence-corrected chi connectivity index (χ0v) is 18.6. The van der Waals surface area contributed by atoms with Gasteiger partial charge in [0.05, 0.1) is 42.2 Å². The first-order valence-electron chi connectivity index (χ1n) is 10.3. The molecule has 1 unspecified atom stereocenters. The zero-order valence-electron chi connectivity index (χ0n) is 17.9. The molecule has 3 amide bonds. The van der Waals surface area contributed by atoms with E-state index in [4.69, 9.17) is 21.1 Å². The molecule has 168 valence electrons. The third kappa shape index (κ3) is 4.10. The van der Waals surface area contributed by atoms with Gasteiger partial charge >= 0.3 is 0 Å². The lowest BCUT2D eigenvalue weighted by Crippen LogP contribution is -2.30. The van der Waals surface area contributed by atoms with Gasteiger partial charge in [0.25, 0.3) is 0 Å². The van der Waals surface area contributed by atoms with Gasteiger partial charge in [0.2, 0.25) is 17.7 Å². The summed E-state index contributed by atoms with van der Waals surface area (Å²) < 4.78 is 10.6. The van der Waals surface area contributed by atoms with Gasteiger partial charge in [-0.3, -0.25) is 14.4 Å². The van der Waals surface area contributed by atoms with Gasteiger partial charge in [0, 0.05) is 32.0 Å². The van der Waals surface area contributed by atoms with Crippen molar-refractivity contribution in [3.05, 3.63) is 41.4 Å². The Labute approximate surface area is 191 Å². The van der Waals surface area contributed by atoms with Crippen LogP contribution in [-0.4, -0.2) is 45.0 Å². The van der Waals surface area contributed by atoms with Crippen molar-refractivity contribution < 1.29 is 23.9 Å². The monoisotopic (exact) mass is 457 g/mol. The molecule has 0 aromatic heterocycles. The number of halogens is 1. The third-order valence-corrected chi connectivity index (χ3v) is 6.06. The molecule has 2 fully saturated rings. The number of ether oxygens (including phenoxy) is 2. The van der Waals surface area contributed by atoms with Crippen molar-refractivity contribution >= 4 is 46.4 Å². The van der Waals surface area contributed by atoms with Crippen molar-refractivity contribution in [2.24, 2.45) is 5.92 Å². The van der Waals surface area contributed by atoms with Crippen molar-refractivity contribution in [2.45, 2.75) is 19.3 Å². The van der Waals surface area contributed by atoms with Gasteiger partial charge in [-0.1, -0.05) is 23.7 Å². The van der Waals surface area contributed by atoms with Crippen LogP contribution in [0.5, 0.6) is 11.5 Å². The summed E-state index contributed by atoms with van der Waals surface area (Å²) in [6, 6.07) is 10.4. The van der Waals surface area contributed by atoms with Crippen LogP contribution < -0.4 is 24.6 Å². The van der Waals surface area contributed by atoms with Crippen LogP contribution in [0.2, 0.25) is 5.02 Å². The smallest absolute Gasteiger partial charge is 0.229 e. The molecule has 32 heavy (non-hydrogen) atoms. The number of carbonyl (C=O) groups is 3. The maximum Gasteiger partial charge on any atom is 0.229 e. The fourth-order valence-electron chi connectivity index (χ4n) is 4.12. The summed E-state index contributed by atoms with van der Waals surface area (Å²) >= 11 is 6.25. The molecule has 9 heteroatoms. The van der Waals surface area contributed by atoms with Crippen LogP contribution in [0, 0.1) is 5.92 Å². The Morgan fingerprint density at radius 3 is 2.47 bits per heavy atom. The topological polar surface area (TPSA) is 88.2 Å². The third-order valence-electron chi connectivity index (χ3n) is 5.77. The van der Waals surface area contributed by atoms with Crippen molar-refractivity contribution in [3.63, 3.8) is 0 Å². The highest BCUT2D eigenvalue weighted by Gasteiger charge is 2.37. The van der Waals surface area contributed by atoms with Gasteiger partial charge in [-0.2, -0.15) is 0 Å². The average molecular weight is 458 g/mol. The second kappa shape index (κ2) is 9.08. The van der Waals surface area contributed by atoms with Gasteiger partial charge in [0.1, 0.15) is 11.5 Å². The van der Waals surface area contributed by atoms with Gasteiger partial charge in [0.15, 0.2) is 0 Å². The molecule has 2 aliphatic heterocycles. The number of methoxy groups -OCH3 is 2. The highest BCUT2D eigenvalue weighted by atomic mass is 35.5. The standard InChI is InChI=1S/C23H24ClN3O5/c1-31-19-12-20(32-2)18(11-15(19)24)27-13-14(10-22(27)29)23(30)25-16-6-3-4-7-17(16)26-9-5-8-21(26)28/h3-4,6-7,11-12,14H,5,8-10,13H2,1-2H3,(H,25,30). The lowest BCUT2D eigenvalue weighted by molar-refractivity contribution is -0.122. The Balaban J connectivity index is 1.53. The highest BCUT2D eigenvalue weighted by Crippen LogP contribution is 2.40. The zero-order chi connectivity index (χ0) is 22.8. The summed E-state index contributed by atoms with van der Waals surface area (Å²) in [6.45, 7) is 0.813. The van der Waals surface area contributed by atoms with E-state index in [2.05, 4.69) is 5.32 Å². The predicted molar refractivity (Wildman–Crippen MR) is 122 cm³/mol. The molecule has 0 spiro atoms. The molecule has 0 radical (unpaired) electrons. The Hall–Kier alpha value is -3.26. The fraction of sp³-hybridized carbons (Fsp3) is 0.348. The van der Waals surface area contributed by atoms with Gasteiger partial charge < -0.3 is 24.6 Å². The average Bonchev–Trinajstić information content (AvgIpc) is 3.39. The van der Waals surface area contributed by atoms with Crippen molar-refractivity contribution in [1.82, 2.24) is 0 Å². The molecule has 2 saturated heterocycles. The molecule has 8 nitrogen and oxygen atoms in total. The van der Waals surface area contributed by atoms with Crippen LogP contribution in [0.4, 0.5) is 17.1 Å². The lowest BCUT2D eigenvalue weighted by Gasteiger charge is -2.22. The highest BCUT2D eigenvalue weighted by molar-refractivity contribution is 6.32. The second-order valence-corrected chi connectivity index (χ2v) is 8.13. The Morgan fingerprint density at radius 2 is 1.78 bits per heavy atom. The number of anilines is 3. The number of benzene rings is 2. The Kier molecular flexibility index (Phi) is 6.23. The maximum absolute atomic E-state index is 13.0. The number of rotatable bonds is 6. The van der Waals surface area contributed by atoms with E-state index in [-0.39, 0.29) is 30.7 Å². The van der Waals surface area contributed by atoms with Crippen LogP contribution in [0.25, 0.3) is 0 Å². The van der Waals surface area contributed by atoms with Crippen LogP contribution in [0.1, 0.15) is 19.3 Å². The number of amides is 3. The molecule has 4 rings (SSSR count). The number of hydrogen-bond donors (Lipinski definition) is 1. The largest absolute Gasteiger partial charge is 0.495 e. The lowest BCUT2D eigenvalue weighted by atomic mass is 10.1. The summed E-state index contributed by atoms with van der Waals surface area (Å²) in [7, 11) is 2.99. The number of hydrogen-bond acceptors (Lipinski definition) is 5. The van der Waals surface area contributed by atoms with E-state index in [1.165, 1.54) is 19.1 Å². The van der Waals surface area contributed by atoms with Crippen LogP contribution >= 0.6 is 11.6 Å². The van der Waals surface area contributed by atoms with E-state index in [0.29, 0.717) is 46.5 Å². The van der Waals surface area contributed by atoms with Crippen LogP contribution in [0.3, 0.4) is 0 Å². The normalized spacial score (nSPS) is 18.3. The molecule has 0 aliphatic carbocycles. The van der Waals surface area contributed by atoms with Crippen molar-refractivity contribution in [3.8, 4) is 11.5 Å². The van der Waals surface area contributed by atoms with E-state index in [0.717, 1.165) is 6.42 Å². The van der Waals surface area contributed by atoms with Gasteiger partial charge in [-0.05, 0) is 24.6 Å². The molecule has 1 N–H and O–H groups in total. The van der Waals surface area contributed by atoms with E-state index in [1.54, 1.807) is 29.2 Å². The summed E-state index contributed by atoms with van der Waals surface area (Å²) in [5.74, 6) is -0.140. The van der Waals surface area contributed by atoms with E-state index in [9.17, 15) is 14.4 Å². The number of carbonyl (C=O) groups excluding carboxylic acids is 3. The van der Waals surface area contributed by atoms with Gasteiger partial charge in [-0.25, -0.2) is 0 Å². The molecule has 2 heterocycles. The summed E-state index contributed by atoms with van der Waals surface area (Å²) in [4.78, 5) is 41.2. The SMILES string of the molecule is COc1cc(OC)c(N2CC(C(=O)Nc3ccccc3N3CCCC3=O)CC2=O)cc1Cl. The van der Waals surface area contributed by atoms with Crippen molar-refractivity contribution in [1.29, 1.82) is 0 Å². The number of nitrogens with zero attached hydrogens (tertiary/aromatic N) is 2. The summed E-state index contributed by atoms with van der Waals surface area (Å²) in [5, 5.41) is 3.25. The first-order chi connectivity index (χ1) is 15.4. The van der Waals surface area contributed by atoms with Crippen molar-refractivity contribution in [2.75, 3.05) is 42.4 Å². The minimum absolute atomic E-state index is 0.0393. The van der Waals surface area contributed by atoms with E-state index < -0.39 is 5.92 Å². The minimum atomic E-state index is -0.560. The molecule has 2 aliphatic rings. The minimum Gasteiger partial charge on any atom is -0.495 e. The summed E-state index contributed by atoms with van der Waals surface area (Å²) in [5.41, 5.74) is 1.72. The quantitative estimate of drug-likeness (QED) is 0.717. The molecular formula is C23H24ClN3O5. The number of nitrogens with one attached hydrogen (secondary N) is 1. The Morgan fingerprint density at radius 1 is 1.03 bits per heavy atom. The second-order valence-electron chi connectivity index (χ2n) is 7.72. The van der Waals surface area contributed by atoms with E-state index >= 15 is 0 Å². The van der Waals surface area contributed by atoms with Gasteiger partial charge in [-0.15, -0.1) is 0 Å². The predicted octanol–water partition coefficient (Wildman–Crippen LogP) is 3.48. The van der Waals surface area contributed by atoms with Crippen LogP contribution in [-0.2, 0) is 14.4 Å². The molecular weight excluding hydrogens is 434 g/mol. The van der Waals surface area contributed by atoms with Crippen LogP contribution in [0.15, 0.2) is 36.4 Å².